The summed E-state index contributed by atoms with van der Waals surface area (Å²) in [6.07, 6.45) is 0. The molecule has 3 aromatic rings. The summed E-state index contributed by atoms with van der Waals surface area (Å²) in [5.74, 6) is 7.07. The molecular weight excluding hydrogens is 268 g/mol. The normalized spacial score (nSPS) is 10.6. The third kappa shape index (κ3) is 3.00. The quantitative estimate of drug-likeness (QED) is 0.537. The summed E-state index contributed by atoms with van der Waals surface area (Å²) < 4.78 is 0. The first kappa shape index (κ1) is 13.1. The van der Waals surface area contributed by atoms with Crippen LogP contribution in [0.5, 0.6) is 0 Å². The van der Waals surface area contributed by atoms with Crippen molar-refractivity contribution >= 4 is 5.82 Å². The summed E-state index contributed by atoms with van der Waals surface area (Å²) in [4.78, 5) is 10.0. The van der Waals surface area contributed by atoms with Gasteiger partial charge in [-0.15, -0.1) is 10.2 Å². The number of hydrogen-bond donors (Lipinski definition) is 2. The van der Waals surface area contributed by atoms with Crippen LogP contribution in [0.3, 0.4) is 0 Å². The van der Waals surface area contributed by atoms with Crippen molar-refractivity contribution in [1.82, 2.24) is 30.2 Å². The molecule has 0 atom stereocenters. The van der Waals surface area contributed by atoms with Gasteiger partial charge in [-0.25, -0.2) is 15.8 Å². The van der Waals surface area contributed by atoms with E-state index < -0.39 is 0 Å². The standard InChI is InChI=1S/C13H14N8/c1-9-7-11(17-14)16-12(15-9)8-21-19-13(18-20-21)10-5-3-2-4-6-10/h2-7H,8,14H2,1H3,(H,15,16,17). The number of benzene rings is 1. The minimum Gasteiger partial charge on any atom is -0.308 e. The number of hydrazine groups is 1. The monoisotopic (exact) mass is 282 g/mol. The van der Waals surface area contributed by atoms with Crippen molar-refractivity contribution in [2.24, 2.45) is 5.84 Å². The Hall–Kier alpha value is -2.87. The van der Waals surface area contributed by atoms with Gasteiger partial charge in [0, 0.05) is 17.3 Å². The predicted octanol–water partition coefficient (Wildman–Crippen LogP) is 0.772. The number of aryl methyl sites for hydroxylation is 1. The van der Waals surface area contributed by atoms with Gasteiger partial charge in [0.05, 0.1) is 0 Å². The van der Waals surface area contributed by atoms with E-state index in [2.05, 4.69) is 30.8 Å². The Kier molecular flexibility index (Phi) is 3.52. The van der Waals surface area contributed by atoms with E-state index in [-0.39, 0.29) is 0 Å². The summed E-state index contributed by atoms with van der Waals surface area (Å²) in [7, 11) is 0. The lowest BCUT2D eigenvalue weighted by molar-refractivity contribution is 0.554. The molecule has 3 rings (SSSR count). The van der Waals surface area contributed by atoms with E-state index >= 15 is 0 Å². The molecule has 0 saturated heterocycles. The first-order valence-corrected chi connectivity index (χ1v) is 6.39. The maximum absolute atomic E-state index is 5.37. The average molecular weight is 282 g/mol. The fraction of sp³-hybridized carbons (Fsp3) is 0.154. The molecule has 2 aromatic heterocycles. The molecule has 0 amide bonds. The highest BCUT2D eigenvalue weighted by molar-refractivity contribution is 5.52. The first-order valence-electron chi connectivity index (χ1n) is 6.39. The SMILES string of the molecule is Cc1cc(NN)nc(Cn2nnc(-c3ccccc3)n2)n1. The van der Waals surface area contributed by atoms with Crippen LogP contribution in [0.4, 0.5) is 5.82 Å². The van der Waals surface area contributed by atoms with Gasteiger partial charge in [0.1, 0.15) is 12.4 Å². The second kappa shape index (κ2) is 5.63. The fourth-order valence-corrected chi connectivity index (χ4v) is 1.91. The number of anilines is 1. The number of rotatable bonds is 4. The first-order chi connectivity index (χ1) is 10.2. The Labute approximate surface area is 121 Å². The molecule has 2 heterocycles. The van der Waals surface area contributed by atoms with E-state index in [1.165, 1.54) is 4.80 Å². The molecule has 0 fully saturated rings. The molecule has 8 heteroatoms. The summed E-state index contributed by atoms with van der Waals surface area (Å²) >= 11 is 0. The second-order valence-electron chi connectivity index (χ2n) is 4.46. The molecule has 0 saturated carbocycles. The Bertz CT molecular complexity index is 737. The number of nitrogens with zero attached hydrogens (tertiary/aromatic N) is 6. The van der Waals surface area contributed by atoms with Gasteiger partial charge in [-0.2, -0.15) is 4.80 Å². The van der Waals surface area contributed by atoms with Gasteiger partial charge < -0.3 is 5.43 Å². The van der Waals surface area contributed by atoms with E-state index in [0.29, 0.717) is 24.0 Å². The van der Waals surface area contributed by atoms with Crippen LogP contribution < -0.4 is 11.3 Å². The summed E-state index contributed by atoms with van der Waals surface area (Å²) in [6.45, 7) is 2.20. The Balaban J connectivity index is 1.83. The van der Waals surface area contributed by atoms with Crippen LogP contribution in [0.15, 0.2) is 36.4 Å². The van der Waals surface area contributed by atoms with Crippen LogP contribution in [0.1, 0.15) is 11.5 Å². The van der Waals surface area contributed by atoms with Gasteiger partial charge in [-0.05, 0) is 12.1 Å². The maximum Gasteiger partial charge on any atom is 0.204 e. The van der Waals surface area contributed by atoms with Crippen molar-refractivity contribution in [3.05, 3.63) is 47.9 Å². The highest BCUT2D eigenvalue weighted by Gasteiger charge is 2.08. The zero-order chi connectivity index (χ0) is 14.7. The van der Waals surface area contributed by atoms with Gasteiger partial charge >= 0.3 is 0 Å². The Morgan fingerprint density at radius 2 is 2.00 bits per heavy atom. The number of nitrogens with one attached hydrogen (secondary N) is 1. The molecule has 0 radical (unpaired) electrons. The van der Waals surface area contributed by atoms with Crippen LogP contribution in [-0.2, 0) is 6.54 Å². The van der Waals surface area contributed by atoms with Gasteiger partial charge in [0.25, 0.3) is 0 Å². The molecule has 8 nitrogen and oxygen atoms in total. The number of aromatic nitrogens is 6. The molecular formula is C13H14N8. The summed E-state index contributed by atoms with van der Waals surface area (Å²) in [5.41, 5.74) is 4.24. The van der Waals surface area contributed by atoms with E-state index in [1.54, 1.807) is 6.07 Å². The smallest absolute Gasteiger partial charge is 0.204 e. The average Bonchev–Trinajstić information content (AvgIpc) is 2.96. The minimum absolute atomic E-state index is 0.330. The minimum atomic E-state index is 0.330. The van der Waals surface area contributed by atoms with Crippen molar-refractivity contribution in [3.8, 4) is 11.4 Å². The fourth-order valence-electron chi connectivity index (χ4n) is 1.91. The highest BCUT2D eigenvalue weighted by Crippen LogP contribution is 2.12. The molecule has 106 valence electrons. The number of nitrogen functional groups attached to an aromatic ring is 1. The lowest BCUT2D eigenvalue weighted by Gasteiger charge is -2.04. The molecule has 0 unspecified atom stereocenters. The van der Waals surface area contributed by atoms with Crippen molar-refractivity contribution in [1.29, 1.82) is 0 Å². The number of tetrazole rings is 1. The molecule has 1 aromatic carbocycles. The van der Waals surface area contributed by atoms with Crippen molar-refractivity contribution in [3.63, 3.8) is 0 Å². The summed E-state index contributed by atoms with van der Waals surface area (Å²) in [5, 5.41) is 12.4. The maximum atomic E-state index is 5.37. The van der Waals surface area contributed by atoms with E-state index in [1.807, 2.05) is 37.3 Å². The molecule has 0 aliphatic rings. The third-order valence-corrected chi connectivity index (χ3v) is 2.82. The summed E-state index contributed by atoms with van der Waals surface area (Å²) in [6, 6.07) is 11.4. The van der Waals surface area contributed by atoms with Crippen LogP contribution >= 0.6 is 0 Å². The third-order valence-electron chi connectivity index (χ3n) is 2.82. The van der Waals surface area contributed by atoms with Crippen molar-refractivity contribution in [2.75, 3.05) is 5.43 Å². The van der Waals surface area contributed by atoms with Crippen LogP contribution in [0, 0.1) is 6.92 Å². The van der Waals surface area contributed by atoms with Gasteiger partial charge in [-0.1, -0.05) is 30.3 Å². The topological polar surface area (TPSA) is 107 Å². The van der Waals surface area contributed by atoms with Gasteiger partial charge in [0.15, 0.2) is 5.82 Å². The van der Waals surface area contributed by atoms with Crippen molar-refractivity contribution < 1.29 is 0 Å². The lowest BCUT2D eigenvalue weighted by atomic mass is 10.2. The molecule has 0 aliphatic carbocycles. The van der Waals surface area contributed by atoms with E-state index in [4.69, 9.17) is 5.84 Å². The van der Waals surface area contributed by atoms with Crippen LogP contribution in [-0.4, -0.2) is 30.2 Å². The Morgan fingerprint density at radius 1 is 1.19 bits per heavy atom. The predicted molar refractivity (Wildman–Crippen MR) is 76.9 cm³/mol. The van der Waals surface area contributed by atoms with Gasteiger partial charge in [0.2, 0.25) is 5.82 Å². The highest BCUT2D eigenvalue weighted by atomic mass is 15.6. The molecule has 3 N–H and O–H groups in total. The van der Waals surface area contributed by atoms with Crippen LogP contribution in [0.25, 0.3) is 11.4 Å². The molecule has 21 heavy (non-hydrogen) atoms. The van der Waals surface area contributed by atoms with Crippen LogP contribution in [0.2, 0.25) is 0 Å². The zero-order valence-corrected chi connectivity index (χ0v) is 11.4. The number of hydrogen-bond acceptors (Lipinski definition) is 7. The van der Waals surface area contributed by atoms with Gasteiger partial charge in [-0.3, -0.25) is 0 Å². The zero-order valence-electron chi connectivity index (χ0n) is 11.4. The Morgan fingerprint density at radius 3 is 2.76 bits per heavy atom. The molecule has 0 aliphatic heterocycles. The van der Waals surface area contributed by atoms with Crippen molar-refractivity contribution in [2.45, 2.75) is 13.5 Å². The van der Waals surface area contributed by atoms with E-state index in [9.17, 15) is 0 Å². The molecule has 0 bridgehead atoms. The second-order valence-corrected chi connectivity index (χ2v) is 4.46. The largest absolute Gasteiger partial charge is 0.308 e. The lowest BCUT2D eigenvalue weighted by Crippen LogP contribution is -2.13. The number of nitrogens with two attached hydrogens (primary N) is 1. The van der Waals surface area contributed by atoms with E-state index in [0.717, 1.165) is 11.3 Å². The molecule has 0 spiro atoms.